The first-order valence-electron chi connectivity index (χ1n) is 7.21. The Kier molecular flexibility index (Phi) is 1.64. The van der Waals surface area contributed by atoms with E-state index >= 15 is 0 Å². The van der Waals surface area contributed by atoms with Crippen LogP contribution in [0.4, 0.5) is 0 Å². The van der Waals surface area contributed by atoms with E-state index in [1.807, 2.05) is 54.6 Å². The van der Waals surface area contributed by atoms with Crippen molar-refractivity contribution in [3.63, 3.8) is 0 Å². The van der Waals surface area contributed by atoms with Gasteiger partial charge in [0.25, 0.3) is 0 Å². The molecular weight excluding hydrogens is 276 g/mol. The Balaban J connectivity index is 2.15. The normalized spacial score (nSPS) is 12.5. The number of hydrogen-bond donors (Lipinski definition) is 0. The molecule has 0 unspecified atom stereocenters. The SMILES string of the molecule is c1cc2oc3cccc4[o+]c5cccc6oc(c1)c2-c(c34)c65. The summed E-state index contributed by atoms with van der Waals surface area (Å²) in [4.78, 5) is 0. The molecule has 3 aromatic carbocycles. The van der Waals surface area contributed by atoms with Gasteiger partial charge in [-0.25, -0.2) is 4.42 Å². The Morgan fingerprint density at radius 1 is 0.545 bits per heavy atom. The highest BCUT2D eigenvalue weighted by Crippen LogP contribution is 2.47. The molecule has 3 heterocycles. The molecule has 4 aromatic rings. The maximum absolute atomic E-state index is 6.07. The first-order valence-corrected chi connectivity index (χ1v) is 7.21. The Hall–Kier alpha value is -3.07. The molecule has 0 saturated carbocycles. The van der Waals surface area contributed by atoms with Crippen LogP contribution in [0.2, 0.25) is 0 Å². The van der Waals surface area contributed by atoms with Crippen molar-refractivity contribution in [1.82, 2.24) is 0 Å². The molecule has 22 heavy (non-hydrogen) atoms. The van der Waals surface area contributed by atoms with Crippen molar-refractivity contribution in [2.75, 3.05) is 0 Å². The van der Waals surface area contributed by atoms with Crippen LogP contribution in [0, 0.1) is 0 Å². The topological polar surface area (TPSA) is 37.6 Å². The molecule has 2 aliphatic heterocycles. The zero-order valence-electron chi connectivity index (χ0n) is 11.4. The van der Waals surface area contributed by atoms with Gasteiger partial charge in [0.05, 0.1) is 5.56 Å². The molecular formula is C19H9O3+. The molecule has 0 saturated heterocycles. The summed E-state index contributed by atoms with van der Waals surface area (Å²) in [7, 11) is 0. The largest absolute Gasteiger partial charge is 0.456 e. The maximum atomic E-state index is 6.07. The van der Waals surface area contributed by atoms with E-state index in [9.17, 15) is 0 Å². The standard InChI is InChI=1S/C19H9O3/c1-4-10-16-11(5-1)21-13-7-3-9-15-18(13)19(16)17-12(20-10)6-2-8-14(17)22-15/h1-9H/q+1. The highest BCUT2D eigenvalue weighted by molar-refractivity contribution is 6.22. The lowest BCUT2D eigenvalue weighted by Gasteiger charge is -2.14. The van der Waals surface area contributed by atoms with E-state index in [0.29, 0.717) is 0 Å². The van der Waals surface area contributed by atoms with Crippen LogP contribution < -0.4 is 0 Å². The van der Waals surface area contributed by atoms with Gasteiger partial charge in [0.1, 0.15) is 33.1 Å². The molecule has 2 aliphatic rings. The van der Waals surface area contributed by atoms with Crippen molar-refractivity contribution in [1.29, 1.82) is 0 Å². The van der Waals surface area contributed by atoms with Gasteiger partial charge in [-0.1, -0.05) is 6.07 Å². The van der Waals surface area contributed by atoms with E-state index in [1.54, 1.807) is 0 Å². The summed E-state index contributed by atoms with van der Waals surface area (Å²) in [6.07, 6.45) is 0. The molecule has 6 rings (SSSR count). The third-order valence-corrected chi connectivity index (χ3v) is 4.37. The quantitative estimate of drug-likeness (QED) is 0.198. The van der Waals surface area contributed by atoms with E-state index in [0.717, 1.165) is 55.4 Å². The van der Waals surface area contributed by atoms with E-state index in [1.165, 1.54) is 0 Å². The number of rotatable bonds is 0. The van der Waals surface area contributed by atoms with Gasteiger partial charge >= 0.3 is 11.2 Å². The van der Waals surface area contributed by atoms with E-state index in [2.05, 4.69) is 0 Å². The van der Waals surface area contributed by atoms with Gasteiger partial charge in [-0.15, -0.1) is 0 Å². The van der Waals surface area contributed by atoms with Gasteiger partial charge in [0, 0.05) is 17.7 Å². The summed E-state index contributed by atoms with van der Waals surface area (Å²) in [5.74, 6) is 0. The fraction of sp³-hybridized carbons (Fsp3) is 0. The third-order valence-electron chi connectivity index (χ3n) is 4.37. The lowest BCUT2D eigenvalue weighted by atomic mass is 9.93. The molecule has 0 radical (unpaired) electrons. The van der Waals surface area contributed by atoms with Crippen LogP contribution in [-0.4, -0.2) is 0 Å². The number of hydrogen-bond acceptors (Lipinski definition) is 2. The summed E-state index contributed by atoms with van der Waals surface area (Å²) in [5.41, 5.74) is 7.17. The van der Waals surface area contributed by atoms with Gasteiger partial charge in [-0.3, -0.25) is 0 Å². The fourth-order valence-electron chi connectivity index (χ4n) is 3.51. The van der Waals surface area contributed by atoms with Crippen molar-refractivity contribution < 1.29 is 13.3 Å². The molecule has 1 aromatic heterocycles. The van der Waals surface area contributed by atoms with Crippen LogP contribution in [-0.2, 0) is 0 Å². The van der Waals surface area contributed by atoms with Crippen molar-refractivity contribution in [3.8, 4) is 11.1 Å². The zero-order valence-corrected chi connectivity index (χ0v) is 11.4. The van der Waals surface area contributed by atoms with Crippen LogP contribution in [0.1, 0.15) is 0 Å². The lowest BCUT2D eigenvalue weighted by Crippen LogP contribution is -1.94. The van der Waals surface area contributed by atoms with Crippen molar-refractivity contribution in [2.45, 2.75) is 0 Å². The van der Waals surface area contributed by atoms with E-state index in [4.69, 9.17) is 13.3 Å². The summed E-state index contributed by atoms with van der Waals surface area (Å²) in [5, 5.41) is 2.04. The average Bonchev–Trinajstić information content (AvgIpc) is 2.55. The molecule has 0 aliphatic carbocycles. The second-order valence-electron chi connectivity index (χ2n) is 5.57. The maximum Gasteiger partial charge on any atom is 0.365 e. The molecule has 0 bridgehead atoms. The molecule has 0 fully saturated rings. The van der Waals surface area contributed by atoms with Gasteiger partial charge < -0.3 is 8.83 Å². The van der Waals surface area contributed by atoms with Crippen molar-refractivity contribution >= 4 is 44.3 Å². The summed E-state index contributed by atoms with van der Waals surface area (Å²) in [6.45, 7) is 0. The molecule has 0 atom stereocenters. The predicted molar refractivity (Wildman–Crippen MR) is 85.5 cm³/mol. The van der Waals surface area contributed by atoms with Crippen molar-refractivity contribution in [2.24, 2.45) is 0 Å². The molecule has 0 N–H and O–H groups in total. The van der Waals surface area contributed by atoms with E-state index in [-0.39, 0.29) is 0 Å². The number of benzene rings is 3. The molecule has 102 valence electrons. The molecule has 0 amide bonds. The van der Waals surface area contributed by atoms with Crippen molar-refractivity contribution in [3.05, 3.63) is 54.6 Å². The monoisotopic (exact) mass is 285 g/mol. The van der Waals surface area contributed by atoms with Gasteiger partial charge in [-0.05, 0) is 36.4 Å². The minimum atomic E-state index is 0.833. The van der Waals surface area contributed by atoms with Crippen LogP contribution in [0.5, 0.6) is 0 Å². The van der Waals surface area contributed by atoms with E-state index < -0.39 is 0 Å². The van der Waals surface area contributed by atoms with Crippen LogP contribution in [0.3, 0.4) is 0 Å². The fourth-order valence-corrected chi connectivity index (χ4v) is 3.51. The Bertz CT molecular complexity index is 1180. The second kappa shape index (κ2) is 3.39. The van der Waals surface area contributed by atoms with Gasteiger partial charge in [0.15, 0.2) is 0 Å². The summed E-state index contributed by atoms with van der Waals surface area (Å²) >= 11 is 0. The smallest absolute Gasteiger partial charge is 0.365 e. The molecule has 3 nitrogen and oxygen atoms in total. The lowest BCUT2D eigenvalue weighted by molar-refractivity contribution is 0.629. The second-order valence-corrected chi connectivity index (χ2v) is 5.57. The van der Waals surface area contributed by atoms with Crippen LogP contribution in [0.15, 0.2) is 67.8 Å². The summed E-state index contributed by atoms with van der Waals surface area (Å²) in [6, 6.07) is 17.7. The van der Waals surface area contributed by atoms with Gasteiger partial charge in [-0.2, -0.15) is 0 Å². The Morgan fingerprint density at radius 2 is 1.05 bits per heavy atom. The minimum absolute atomic E-state index is 0.833. The molecule has 3 heteroatoms. The first-order chi connectivity index (χ1) is 10.9. The Morgan fingerprint density at radius 3 is 1.64 bits per heavy atom. The first kappa shape index (κ1) is 10.6. The van der Waals surface area contributed by atoms with Gasteiger partial charge in [0.2, 0.25) is 0 Å². The predicted octanol–water partition coefficient (Wildman–Crippen LogP) is 5.90. The highest BCUT2D eigenvalue weighted by atomic mass is 16.4. The summed E-state index contributed by atoms with van der Waals surface area (Å²) < 4.78 is 18.2. The average molecular weight is 285 g/mol. The zero-order chi connectivity index (χ0) is 14.3. The highest BCUT2D eigenvalue weighted by Gasteiger charge is 2.30. The van der Waals surface area contributed by atoms with Crippen LogP contribution in [0.25, 0.3) is 55.4 Å². The van der Waals surface area contributed by atoms with Crippen LogP contribution >= 0.6 is 0 Å². The Labute approximate surface area is 124 Å². The molecule has 0 spiro atoms. The third kappa shape index (κ3) is 1.08. The minimum Gasteiger partial charge on any atom is -0.456 e.